The van der Waals surface area contributed by atoms with Crippen LogP contribution in [-0.4, -0.2) is 53.4 Å². The summed E-state index contributed by atoms with van der Waals surface area (Å²) in [7, 11) is 0. The van der Waals surface area contributed by atoms with Gasteiger partial charge in [0.2, 0.25) is 0 Å². The fraction of sp³-hybridized carbons (Fsp3) is 0.400. The largest absolute Gasteiger partial charge is 0.335 e. The number of fused-ring (bicyclic) bond motifs is 3. The summed E-state index contributed by atoms with van der Waals surface area (Å²) >= 11 is 1.44. The average Bonchev–Trinajstić information content (AvgIpc) is 3.09. The number of H-pyrrole nitrogens is 1. The number of benzene rings is 1. The second-order valence-electron chi connectivity index (χ2n) is 6.99. The van der Waals surface area contributed by atoms with E-state index >= 15 is 0 Å². The maximum atomic E-state index is 13.0. The lowest BCUT2D eigenvalue weighted by Crippen LogP contribution is -2.48. The van der Waals surface area contributed by atoms with Crippen LogP contribution in [0.2, 0.25) is 0 Å². The van der Waals surface area contributed by atoms with E-state index in [2.05, 4.69) is 22.9 Å². The summed E-state index contributed by atoms with van der Waals surface area (Å²) in [6.07, 6.45) is 1.14. The van der Waals surface area contributed by atoms with Gasteiger partial charge in [-0.25, -0.2) is 0 Å². The first kappa shape index (κ1) is 17.2. The molecule has 26 heavy (non-hydrogen) atoms. The van der Waals surface area contributed by atoms with Gasteiger partial charge in [-0.05, 0) is 38.1 Å². The van der Waals surface area contributed by atoms with Gasteiger partial charge in [0.05, 0.1) is 10.3 Å². The Balaban J connectivity index is 1.68. The average molecular weight is 369 g/mol. The van der Waals surface area contributed by atoms with Crippen molar-refractivity contribution in [1.29, 1.82) is 0 Å². The van der Waals surface area contributed by atoms with Crippen LogP contribution >= 0.6 is 11.3 Å². The Hall–Kier alpha value is -2.18. The van der Waals surface area contributed by atoms with Gasteiger partial charge in [0.25, 0.3) is 11.5 Å². The molecule has 6 heteroatoms. The van der Waals surface area contributed by atoms with Gasteiger partial charge in [0, 0.05) is 41.8 Å². The Kier molecular flexibility index (Phi) is 4.54. The van der Waals surface area contributed by atoms with E-state index in [1.807, 2.05) is 24.0 Å². The molecule has 3 aromatic rings. The van der Waals surface area contributed by atoms with E-state index in [1.165, 1.54) is 11.3 Å². The van der Waals surface area contributed by atoms with Crippen LogP contribution in [0.25, 0.3) is 21.0 Å². The number of carbonyl (C=O) groups excluding carboxylic acids is 1. The number of aromatic amines is 1. The third-order valence-electron chi connectivity index (χ3n) is 5.05. The maximum Gasteiger partial charge on any atom is 0.264 e. The summed E-state index contributed by atoms with van der Waals surface area (Å²) < 4.78 is 0.903. The van der Waals surface area contributed by atoms with Crippen molar-refractivity contribution in [3.05, 3.63) is 45.1 Å². The molecule has 3 heterocycles. The molecule has 0 aliphatic carbocycles. The minimum Gasteiger partial charge on any atom is -0.335 e. The lowest BCUT2D eigenvalue weighted by Gasteiger charge is -2.34. The lowest BCUT2D eigenvalue weighted by atomic mass is 10.1. The predicted octanol–water partition coefficient (Wildman–Crippen LogP) is 3.22. The van der Waals surface area contributed by atoms with Gasteiger partial charge >= 0.3 is 0 Å². The number of pyridine rings is 1. The number of rotatable bonds is 3. The molecule has 2 aromatic heterocycles. The number of carbonyl (C=O) groups is 1. The molecule has 5 nitrogen and oxygen atoms in total. The zero-order valence-corrected chi connectivity index (χ0v) is 16.0. The number of hydrogen-bond acceptors (Lipinski definition) is 4. The van der Waals surface area contributed by atoms with E-state index in [1.54, 1.807) is 6.07 Å². The third-order valence-corrected chi connectivity index (χ3v) is 6.21. The number of hydrogen-bond donors (Lipinski definition) is 1. The van der Waals surface area contributed by atoms with E-state index in [-0.39, 0.29) is 11.5 Å². The molecule has 1 saturated heterocycles. The molecule has 1 aromatic carbocycles. The molecular formula is C20H23N3O2S. The molecule has 0 spiro atoms. The van der Waals surface area contributed by atoms with Gasteiger partial charge in [-0.3, -0.25) is 14.5 Å². The fourth-order valence-corrected chi connectivity index (χ4v) is 4.81. The highest BCUT2D eigenvalue weighted by molar-refractivity contribution is 7.21. The monoisotopic (exact) mass is 369 g/mol. The molecule has 136 valence electrons. The van der Waals surface area contributed by atoms with Crippen molar-refractivity contribution in [2.45, 2.75) is 20.3 Å². The molecule has 0 radical (unpaired) electrons. The summed E-state index contributed by atoms with van der Waals surface area (Å²) in [6, 6.07) is 7.75. The Labute approximate surface area is 156 Å². The van der Waals surface area contributed by atoms with E-state index in [0.29, 0.717) is 10.3 Å². The quantitative estimate of drug-likeness (QED) is 0.771. The highest BCUT2D eigenvalue weighted by atomic mass is 32.1. The van der Waals surface area contributed by atoms with Gasteiger partial charge in [-0.2, -0.15) is 0 Å². The standard InChI is InChI=1S/C20H23N3O2S/c1-3-6-22-7-9-23(10-8-22)20(25)17-12-15-18(26-17)14-11-13(2)4-5-16(14)21-19(15)24/h4-5,11-12H,3,6-10H2,1-2H3,(H,21,24). The van der Waals surface area contributed by atoms with Crippen molar-refractivity contribution in [2.75, 3.05) is 32.7 Å². The molecule has 0 unspecified atom stereocenters. The maximum absolute atomic E-state index is 13.0. The van der Waals surface area contributed by atoms with E-state index in [4.69, 9.17) is 0 Å². The first-order chi connectivity index (χ1) is 12.6. The summed E-state index contributed by atoms with van der Waals surface area (Å²) in [6.45, 7) is 8.66. The number of aryl methyl sites for hydroxylation is 1. The summed E-state index contributed by atoms with van der Waals surface area (Å²) in [4.78, 5) is 33.3. The van der Waals surface area contributed by atoms with Crippen LogP contribution in [0.5, 0.6) is 0 Å². The Morgan fingerprint density at radius 3 is 2.65 bits per heavy atom. The number of nitrogens with zero attached hydrogens (tertiary/aromatic N) is 2. The molecule has 0 saturated carbocycles. The summed E-state index contributed by atoms with van der Waals surface area (Å²) in [5.74, 6) is 0.0440. The molecule has 1 fully saturated rings. The van der Waals surface area contributed by atoms with Crippen molar-refractivity contribution < 1.29 is 4.79 Å². The topological polar surface area (TPSA) is 56.4 Å². The fourth-order valence-electron chi connectivity index (χ4n) is 3.66. The third kappa shape index (κ3) is 3.04. The minimum absolute atomic E-state index is 0.0440. The number of aromatic nitrogens is 1. The highest BCUT2D eigenvalue weighted by Crippen LogP contribution is 2.31. The van der Waals surface area contributed by atoms with E-state index < -0.39 is 0 Å². The Bertz CT molecular complexity index is 1030. The zero-order valence-electron chi connectivity index (χ0n) is 15.2. The predicted molar refractivity (Wildman–Crippen MR) is 107 cm³/mol. The van der Waals surface area contributed by atoms with E-state index in [9.17, 15) is 9.59 Å². The van der Waals surface area contributed by atoms with Crippen LogP contribution in [0.4, 0.5) is 0 Å². The van der Waals surface area contributed by atoms with E-state index in [0.717, 1.165) is 60.3 Å². The van der Waals surface area contributed by atoms with Gasteiger partial charge in [-0.1, -0.05) is 18.6 Å². The first-order valence-corrected chi connectivity index (χ1v) is 9.96. The molecule has 1 aliphatic rings. The first-order valence-electron chi connectivity index (χ1n) is 9.14. The van der Waals surface area contributed by atoms with Crippen LogP contribution in [0.1, 0.15) is 28.6 Å². The second kappa shape index (κ2) is 6.85. The number of piperazine rings is 1. The highest BCUT2D eigenvalue weighted by Gasteiger charge is 2.24. The zero-order chi connectivity index (χ0) is 18.3. The molecule has 1 amide bonds. The van der Waals surface area contributed by atoms with Crippen molar-refractivity contribution in [2.24, 2.45) is 0 Å². The van der Waals surface area contributed by atoms with Gasteiger partial charge < -0.3 is 9.88 Å². The Morgan fingerprint density at radius 1 is 1.15 bits per heavy atom. The molecule has 4 rings (SSSR count). The molecule has 1 N–H and O–H groups in total. The van der Waals surface area contributed by atoms with Gasteiger partial charge in [-0.15, -0.1) is 11.3 Å². The molecule has 0 atom stereocenters. The van der Waals surface area contributed by atoms with Crippen LogP contribution in [0.3, 0.4) is 0 Å². The van der Waals surface area contributed by atoms with Crippen molar-refractivity contribution in [3.8, 4) is 0 Å². The smallest absolute Gasteiger partial charge is 0.264 e. The van der Waals surface area contributed by atoms with Crippen LogP contribution in [-0.2, 0) is 0 Å². The Morgan fingerprint density at radius 2 is 1.92 bits per heavy atom. The van der Waals surface area contributed by atoms with Crippen molar-refractivity contribution in [3.63, 3.8) is 0 Å². The SMILES string of the molecule is CCCN1CCN(C(=O)c2cc3c(=O)[nH]c4ccc(C)cc4c3s2)CC1. The number of amides is 1. The number of thiophene rings is 1. The second-order valence-corrected chi connectivity index (χ2v) is 8.04. The van der Waals surface area contributed by atoms with Crippen molar-refractivity contribution in [1.82, 2.24) is 14.8 Å². The van der Waals surface area contributed by atoms with Crippen LogP contribution < -0.4 is 5.56 Å². The summed E-state index contributed by atoms with van der Waals surface area (Å²) in [5.41, 5.74) is 1.83. The number of nitrogens with one attached hydrogen (secondary N) is 1. The molecule has 0 bridgehead atoms. The minimum atomic E-state index is -0.126. The molecular weight excluding hydrogens is 346 g/mol. The summed E-state index contributed by atoms with van der Waals surface area (Å²) in [5, 5.41) is 1.62. The van der Waals surface area contributed by atoms with Crippen molar-refractivity contribution >= 4 is 38.2 Å². The normalized spacial score (nSPS) is 15.8. The van der Waals surface area contributed by atoms with Gasteiger partial charge in [0.1, 0.15) is 0 Å². The van der Waals surface area contributed by atoms with Crippen LogP contribution in [0, 0.1) is 6.92 Å². The molecule has 1 aliphatic heterocycles. The lowest BCUT2D eigenvalue weighted by molar-refractivity contribution is 0.0642. The van der Waals surface area contributed by atoms with Crippen LogP contribution in [0.15, 0.2) is 29.1 Å². The van der Waals surface area contributed by atoms with Gasteiger partial charge in [0.15, 0.2) is 0 Å².